The zero-order valence-corrected chi connectivity index (χ0v) is 11.6. The van der Waals surface area contributed by atoms with Gasteiger partial charge in [-0.05, 0) is 41.3 Å². The van der Waals surface area contributed by atoms with Crippen LogP contribution in [0.2, 0.25) is 5.02 Å². The molecule has 0 saturated heterocycles. The van der Waals surface area contributed by atoms with E-state index in [2.05, 4.69) is 34.2 Å². The van der Waals surface area contributed by atoms with E-state index in [-0.39, 0.29) is 6.04 Å². The van der Waals surface area contributed by atoms with Gasteiger partial charge in [0.05, 0.1) is 12.6 Å². The number of fused-ring (bicyclic) bond motifs is 5. The maximum absolute atomic E-state index is 6.16. The van der Waals surface area contributed by atoms with E-state index in [1.54, 1.807) is 0 Å². The van der Waals surface area contributed by atoms with Crippen LogP contribution < -0.4 is 10.6 Å². The lowest BCUT2D eigenvalue weighted by molar-refractivity contribution is 0.768. The lowest BCUT2D eigenvalue weighted by Crippen LogP contribution is -2.36. The molecule has 20 heavy (non-hydrogen) atoms. The van der Waals surface area contributed by atoms with Gasteiger partial charge in [-0.1, -0.05) is 35.9 Å². The summed E-state index contributed by atoms with van der Waals surface area (Å²) in [5, 5.41) is 0.759. The van der Waals surface area contributed by atoms with Crippen LogP contribution in [0, 0.1) is 0 Å². The minimum absolute atomic E-state index is 0.202. The molecule has 0 unspecified atom stereocenters. The quantitative estimate of drug-likeness (QED) is 0.807. The van der Waals surface area contributed by atoms with Gasteiger partial charge in [-0.25, -0.2) is 0 Å². The summed E-state index contributed by atoms with van der Waals surface area (Å²) in [7, 11) is 0. The van der Waals surface area contributed by atoms with E-state index >= 15 is 0 Å². The third-order valence-corrected chi connectivity index (χ3v) is 4.32. The van der Waals surface area contributed by atoms with Crippen LogP contribution in [-0.2, 0) is 6.42 Å². The molecule has 2 heterocycles. The van der Waals surface area contributed by atoms with E-state index in [4.69, 9.17) is 17.3 Å². The fourth-order valence-electron chi connectivity index (χ4n) is 3.18. The first-order valence-corrected chi connectivity index (χ1v) is 7.07. The molecular formula is C16H14ClN3. The lowest BCUT2D eigenvalue weighted by Gasteiger charge is -2.26. The molecular weight excluding hydrogens is 270 g/mol. The number of aliphatic imine (C=N–C) groups is 1. The number of nitrogens with two attached hydrogens (primary N) is 1. The highest BCUT2D eigenvalue weighted by Gasteiger charge is 2.33. The monoisotopic (exact) mass is 283 g/mol. The van der Waals surface area contributed by atoms with Gasteiger partial charge in [0.25, 0.3) is 0 Å². The molecule has 0 aromatic heterocycles. The third-order valence-electron chi connectivity index (χ3n) is 4.08. The summed E-state index contributed by atoms with van der Waals surface area (Å²) in [6, 6.07) is 14.7. The van der Waals surface area contributed by atoms with Crippen LogP contribution in [0.5, 0.6) is 0 Å². The second-order valence-electron chi connectivity index (χ2n) is 5.23. The highest BCUT2D eigenvalue weighted by Crippen LogP contribution is 2.40. The topological polar surface area (TPSA) is 41.6 Å². The molecule has 4 rings (SSSR count). The van der Waals surface area contributed by atoms with E-state index in [0.717, 1.165) is 17.1 Å². The Morgan fingerprint density at radius 3 is 2.90 bits per heavy atom. The predicted molar refractivity (Wildman–Crippen MR) is 82.4 cm³/mol. The van der Waals surface area contributed by atoms with E-state index in [9.17, 15) is 0 Å². The Hall–Kier alpha value is -2.00. The molecule has 2 aromatic carbocycles. The van der Waals surface area contributed by atoms with Crippen molar-refractivity contribution in [3.8, 4) is 0 Å². The summed E-state index contributed by atoms with van der Waals surface area (Å²) in [5.74, 6) is 0.593. The van der Waals surface area contributed by atoms with Crippen LogP contribution in [0.3, 0.4) is 0 Å². The largest absolute Gasteiger partial charge is 0.369 e. The highest BCUT2D eigenvalue weighted by molar-refractivity contribution is 6.30. The normalized spacial score (nSPS) is 19.8. The molecule has 0 bridgehead atoms. The molecule has 0 saturated carbocycles. The van der Waals surface area contributed by atoms with Crippen LogP contribution in [0.1, 0.15) is 22.7 Å². The van der Waals surface area contributed by atoms with Crippen LogP contribution in [0.15, 0.2) is 47.5 Å². The fraction of sp³-hybridized carbons (Fsp3) is 0.188. The van der Waals surface area contributed by atoms with Gasteiger partial charge in [-0.15, -0.1) is 0 Å². The number of guanidine groups is 1. The molecule has 0 aliphatic carbocycles. The summed E-state index contributed by atoms with van der Waals surface area (Å²) in [6.45, 7) is 0.713. The van der Waals surface area contributed by atoms with Gasteiger partial charge < -0.3 is 10.6 Å². The van der Waals surface area contributed by atoms with Crippen molar-refractivity contribution < 1.29 is 0 Å². The van der Waals surface area contributed by atoms with Crippen molar-refractivity contribution in [2.24, 2.45) is 10.7 Å². The minimum Gasteiger partial charge on any atom is -0.369 e. The molecule has 4 heteroatoms. The van der Waals surface area contributed by atoms with Gasteiger partial charge in [0.2, 0.25) is 0 Å². The van der Waals surface area contributed by atoms with Gasteiger partial charge in [-0.3, -0.25) is 4.99 Å². The molecule has 0 fully saturated rings. The molecule has 2 aliphatic rings. The summed E-state index contributed by atoms with van der Waals surface area (Å²) in [6.07, 6.45) is 0.881. The standard InChI is InChI=1S/C16H14ClN3/c17-12-5-6-14-11(8-12)7-10-3-1-2-4-13(10)15-9-19-16(18)20(14)15/h1-6,8,15H,7,9H2,(H2,18,19)/t15-/m1/s1. The lowest BCUT2D eigenvalue weighted by atomic mass is 9.97. The van der Waals surface area contributed by atoms with Crippen LogP contribution >= 0.6 is 11.6 Å². The molecule has 0 amide bonds. The second-order valence-corrected chi connectivity index (χ2v) is 5.67. The summed E-state index contributed by atoms with van der Waals surface area (Å²) < 4.78 is 0. The van der Waals surface area contributed by atoms with Crippen molar-refractivity contribution in [1.82, 2.24) is 0 Å². The number of halogens is 1. The van der Waals surface area contributed by atoms with Crippen LogP contribution in [0.25, 0.3) is 0 Å². The number of benzene rings is 2. The van der Waals surface area contributed by atoms with Crippen molar-refractivity contribution >= 4 is 23.2 Å². The van der Waals surface area contributed by atoms with Crippen LogP contribution in [0.4, 0.5) is 5.69 Å². The average Bonchev–Trinajstić information content (AvgIpc) is 2.75. The summed E-state index contributed by atoms with van der Waals surface area (Å²) >= 11 is 6.16. The molecule has 2 N–H and O–H groups in total. The van der Waals surface area contributed by atoms with Crippen LogP contribution in [-0.4, -0.2) is 12.5 Å². The molecule has 0 radical (unpaired) electrons. The zero-order valence-electron chi connectivity index (χ0n) is 10.9. The van der Waals surface area contributed by atoms with E-state index < -0.39 is 0 Å². The first-order chi connectivity index (χ1) is 9.74. The number of anilines is 1. The van der Waals surface area contributed by atoms with Crippen molar-refractivity contribution in [3.05, 3.63) is 64.2 Å². The number of hydrogen-bond acceptors (Lipinski definition) is 3. The Morgan fingerprint density at radius 1 is 1.15 bits per heavy atom. The maximum Gasteiger partial charge on any atom is 0.196 e. The number of rotatable bonds is 0. The van der Waals surface area contributed by atoms with Gasteiger partial charge in [-0.2, -0.15) is 0 Å². The van der Waals surface area contributed by atoms with Crippen molar-refractivity contribution in [1.29, 1.82) is 0 Å². The number of hydrogen-bond donors (Lipinski definition) is 1. The Morgan fingerprint density at radius 2 is 2.00 bits per heavy atom. The molecule has 2 aromatic rings. The Kier molecular flexibility index (Phi) is 2.51. The Labute approximate surface area is 122 Å². The smallest absolute Gasteiger partial charge is 0.196 e. The first-order valence-electron chi connectivity index (χ1n) is 6.69. The van der Waals surface area contributed by atoms with Gasteiger partial charge in [0.15, 0.2) is 5.96 Å². The third kappa shape index (κ3) is 1.63. The van der Waals surface area contributed by atoms with Gasteiger partial charge in [0, 0.05) is 10.7 Å². The van der Waals surface area contributed by atoms with Gasteiger partial charge >= 0.3 is 0 Å². The predicted octanol–water partition coefficient (Wildman–Crippen LogP) is 3.12. The van der Waals surface area contributed by atoms with E-state index in [1.165, 1.54) is 16.7 Å². The van der Waals surface area contributed by atoms with Gasteiger partial charge in [0.1, 0.15) is 0 Å². The first kappa shape index (κ1) is 11.8. The molecule has 1 atom stereocenters. The van der Waals surface area contributed by atoms with Crippen molar-refractivity contribution in [2.45, 2.75) is 12.5 Å². The van der Waals surface area contributed by atoms with E-state index in [1.807, 2.05) is 18.2 Å². The maximum atomic E-state index is 6.16. The van der Waals surface area contributed by atoms with Crippen molar-refractivity contribution in [3.63, 3.8) is 0 Å². The molecule has 100 valence electrons. The Bertz CT molecular complexity index is 723. The highest BCUT2D eigenvalue weighted by atomic mass is 35.5. The summed E-state index contributed by atoms with van der Waals surface area (Å²) in [4.78, 5) is 6.57. The minimum atomic E-state index is 0.202. The second kappa shape index (κ2) is 4.25. The Balaban J connectivity index is 1.98. The molecule has 3 nitrogen and oxygen atoms in total. The fourth-order valence-corrected chi connectivity index (χ4v) is 3.38. The van der Waals surface area contributed by atoms with Crippen molar-refractivity contribution in [2.75, 3.05) is 11.4 Å². The summed E-state index contributed by atoms with van der Waals surface area (Å²) in [5.41, 5.74) is 11.1. The van der Waals surface area contributed by atoms with E-state index in [0.29, 0.717) is 12.5 Å². The average molecular weight is 284 g/mol. The SMILES string of the molecule is NC1=NC[C@@H]2c3ccccc3Cc3cc(Cl)ccc3N12. The number of nitrogens with zero attached hydrogens (tertiary/aromatic N) is 2. The molecule has 2 aliphatic heterocycles. The zero-order chi connectivity index (χ0) is 13.7. The molecule has 0 spiro atoms.